The summed E-state index contributed by atoms with van der Waals surface area (Å²) in [6.45, 7) is 3.73. The van der Waals surface area contributed by atoms with E-state index in [-0.39, 0.29) is 12.8 Å². The molecular weight excluding hydrogens is 718 g/mol. The van der Waals surface area contributed by atoms with Crippen molar-refractivity contribution in [1.82, 2.24) is 46.9 Å². The molecule has 2 aromatic heterocycles. The van der Waals surface area contributed by atoms with Crippen LogP contribution >= 0.6 is 0 Å². The minimum absolute atomic E-state index is 0.0250. The Labute approximate surface area is 315 Å². The highest BCUT2D eigenvalue weighted by molar-refractivity contribution is 5.98. The molecule has 7 amide bonds. The Kier molecular flexibility index (Phi) is 14.4. The van der Waals surface area contributed by atoms with Gasteiger partial charge in [0, 0.05) is 36.1 Å². The fraction of sp³-hybridized carbons (Fsp3) is 0.457. The zero-order valence-electron chi connectivity index (χ0n) is 30.3. The van der Waals surface area contributed by atoms with E-state index in [2.05, 4.69) is 46.9 Å². The van der Waals surface area contributed by atoms with Crippen LogP contribution in [0.25, 0.3) is 10.9 Å². The number of carboxylic acid groups (broad SMARTS) is 1. The van der Waals surface area contributed by atoms with Crippen LogP contribution in [0.4, 0.5) is 0 Å². The predicted octanol–water partition coefficient (Wildman–Crippen LogP) is -2.66. The lowest BCUT2D eigenvalue weighted by molar-refractivity contribution is -0.144. The van der Waals surface area contributed by atoms with Gasteiger partial charge in [-0.1, -0.05) is 32.0 Å². The SMILES string of the molecule is CC(C)[C@H](NC(=O)[C@H](CC(N)=O)NC(=O)[C@H](Cc1c[nH]c2ccccc12)NC(=O)[C@H](Cc1c[nH]cn1)NC(=O)[C@@H]1CCCN1)C(=O)N[C@@H](CC(N)=O)C(=O)O. The summed E-state index contributed by atoms with van der Waals surface area (Å²) in [4.78, 5) is 113. The number of rotatable bonds is 20. The van der Waals surface area contributed by atoms with Crippen LogP contribution in [0.3, 0.4) is 0 Å². The Hall–Kier alpha value is -6.31. The Balaban J connectivity index is 1.59. The van der Waals surface area contributed by atoms with Crippen LogP contribution in [0, 0.1) is 5.92 Å². The van der Waals surface area contributed by atoms with Gasteiger partial charge < -0.3 is 58.4 Å². The van der Waals surface area contributed by atoms with Gasteiger partial charge in [0.1, 0.15) is 30.2 Å². The van der Waals surface area contributed by atoms with Crippen molar-refractivity contribution in [2.45, 2.75) is 88.6 Å². The third kappa shape index (κ3) is 11.8. The van der Waals surface area contributed by atoms with Crippen molar-refractivity contribution in [3.63, 3.8) is 0 Å². The first-order chi connectivity index (χ1) is 26.1. The summed E-state index contributed by atoms with van der Waals surface area (Å²) in [5.41, 5.74) is 12.4. The van der Waals surface area contributed by atoms with E-state index in [0.29, 0.717) is 24.2 Å². The zero-order valence-corrected chi connectivity index (χ0v) is 30.3. The van der Waals surface area contributed by atoms with E-state index in [1.807, 2.05) is 18.2 Å². The normalized spacial score (nSPS) is 16.6. The summed E-state index contributed by atoms with van der Waals surface area (Å²) in [5.74, 6) is -8.19. The molecule has 0 unspecified atom stereocenters. The highest BCUT2D eigenvalue weighted by Crippen LogP contribution is 2.20. The highest BCUT2D eigenvalue weighted by atomic mass is 16.4. The van der Waals surface area contributed by atoms with Gasteiger partial charge in [-0.2, -0.15) is 0 Å². The number of aromatic amines is 2. The number of imidazole rings is 1. The third-order valence-corrected chi connectivity index (χ3v) is 9.01. The first kappa shape index (κ1) is 41.4. The van der Waals surface area contributed by atoms with Crippen LogP contribution in [-0.2, 0) is 51.2 Å². The molecule has 1 saturated heterocycles. The van der Waals surface area contributed by atoms with Gasteiger partial charge in [-0.15, -0.1) is 0 Å². The van der Waals surface area contributed by atoms with E-state index >= 15 is 0 Å². The molecule has 0 saturated carbocycles. The van der Waals surface area contributed by atoms with Crippen LogP contribution in [0.15, 0.2) is 43.0 Å². The van der Waals surface area contributed by atoms with Gasteiger partial charge in [-0.25, -0.2) is 9.78 Å². The third-order valence-electron chi connectivity index (χ3n) is 9.01. The molecule has 296 valence electrons. The van der Waals surface area contributed by atoms with Gasteiger partial charge in [0.15, 0.2) is 0 Å². The quantitative estimate of drug-likeness (QED) is 0.0564. The molecule has 13 N–H and O–H groups in total. The first-order valence-corrected chi connectivity index (χ1v) is 17.7. The van der Waals surface area contributed by atoms with E-state index in [1.54, 1.807) is 32.3 Å². The van der Waals surface area contributed by atoms with Crippen molar-refractivity contribution in [2.24, 2.45) is 17.4 Å². The Bertz CT molecular complexity index is 1870. The molecule has 3 aromatic rings. The average molecular weight is 766 g/mol. The Morgan fingerprint density at radius 1 is 0.800 bits per heavy atom. The maximum atomic E-state index is 14.1. The molecule has 3 heterocycles. The van der Waals surface area contributed by atoms with Gasteiger partial charge in [0.2, 0.25) is 41.4 Å². The Morgan fingerprint density at radius 2 is 1.42 bits per heavy atom. The molecule has 20 heteroatoms. The number of hydrogen-bond donors (Lipinski definition) is 11. The van der Waals surface area contributed by atoms with E-state index in [9.17, 15) is 43.5 Å². The second-order valence-corrected chi connectivity index (χ2v) is 13.6. The number of carbonyl (C=O) groups excluding carboxylic acids is 7. The van der Waals surface area contributed by atoms with Crippen molar-refractivity contribution < 1.29 is 43.5 Å². The van der Waals surface area contributed by atoms with Crippen molar-refractivity contribution in [1.29, 1.82) is 0 Å². The number of para-hydroxylation sites is 1. The van der Waals surface area contributed by atoms with E-state index in [4.69, 9.17) is 11.5 Å². The van der Waals surface area contributed by atoms with Crippen LogP contribution in [0.2, 0.25) is 0 Å². The number of hydrogen-bond acceptors (Lipinski definition) is 10. The molecule has 1 aliphatic heterocycles. The number of aromatic nitrogens is 3. The van der Waals surface area contributed by atoms with Gasteiger partial charge in [0.25, 0.3) is 0 Å². The van der Waals surface area contributed by atoms with Crippen LogP contribution in [0.5, 0.6) is 0 Å². The van der Waals surface area contributed by atoms with E-state index in [0.717, 1.165) is 17.3 Å². The van der Waals surface area contributed by atoms with E-state index in [1.165, 1.54) is 6.33 Å². The summed E-state index contributed by atoms with van der Waals surface area (Å²) in [5, 5.41) is 25.8. The molecule has 20 nitrogen and oxygen atoms in total. The minimum Gasteiger partial charge on any atom is -0.480 e. The minimum atomic E-state index is -1.69. The fourth-order valence-corrected chi connectivity index (χ4v) is 6.14. The second kappa shape index (κ2) is 19.1. The summed E-state index contributed by atoms with van der Waals surface area (Å²) >= 11 is 0. The van der Waals surface area contributed by atoms with Gasteiger partial charge in [0.05, 0.1) is 30.9 Å². The van der Waals surface area contributed by atoms with Crippen molar-refractivity contribution in [2.75, 3.05) is 6.54 Å². The summed E-state index contributed by atoms with van der Waals surface area (Å²) in [7, 11) is 0. The lowest BCUT2D eigenvalue weighted by Gasteiger charge is -2.28. The molecular formula is C35H47N11O9. The van der Waals surface area contributed by atoms with Gasteiger partial charge in [-0.3, -0.25) is 33.6 Å². The summed E-state index contributed by atoms with van der Waals surface area (Å²) in [6, 6.07) is -0.562. The number of carboxylic acids is 1. The monoisotopic (exact) mass is 765 g/mol. The molecule has 0 aliphatic carbocycles. The molecule has 6 atom stereocenters. The number of primary amides is 2. The van der Waals surface area contributed by atoms with Gasteiger partial charge in [-0.05, 0) is 36.9 Å². The highest BCUT2D eigenvalue weighted by Gasteiger charge is 2.35. The maximum absolute atomic E-state index is 14.1. The Morgan fingerprint density at radius 3 is 2.02 bits per heavy atom. The molecule has 0 spiro atoms. The lowest BCUT2D eigenvalue weighted by Crippen LogP contribution is -2.61. The zero-order chi connectivity index (χ0) is 40.2. The molecule has 55 heavy (non-hydrogen) atoms. The number of amides is 7. The number of carbonyl (C=O) groups is 8. The van der Waals surface area contributed by atoms with Gasteiger partial charge >= 0.3 is 5.97 Å². The van der Waals surface area contributed by atoms with Crippen molar-refractivity contribution in [3.05, 3.63) is 54.2 Å². The number of aliphatic carboxylic acids is 1. The predicted molar refractivity (Wildman–Crippen MR) is 195 cm³/mol. The number of nitrogens with one attached hydrogen (secondary N) is 8. The number of H-pyrrole nitrogens is 2. The number of fused-ring (bicyclic) bond motifs is 1. The molecule has 1 aliphatic rings. The number of benzene rings is 1. The second-order valence-electron chi connectivity index (χ2n) is 13.6. The molecule has 0 radical (unpaired) electrons. The molecule has 4 rings (SSSR count). The summed E-state index contributed by atoms with van der Waals surface area (Å²) in [6.07, 6.45) is 4.43. The largest absolute Gasteiger partial charge is 0.480 e. The van der Waals surface area contributed by atoms with Crippen LogP contribution < -0.4 is 43.4 Å². The molecule has 1 aromatic carbocycles. The molecule has 0 bridgehead atoms. The van der Waals surface area contributed by atoms with Crippen LogP contribution in [-0.4, -0.2) is 110 Å². The van der Waals surface area contributed by atoms with E-state index < -0.39 is 102 Å². The van der Waals surface area contributed by atoms with Crippen LogP contribution in [0.1, 0.15) is 50.8 Å². The van der Waals surface area contributed by atoms with Crippen molar-refractivity contribution in [3.8, 4) is 0 Å². The van der Waals surface area contributed by atoms with Crippen molar-refractivity contribution >= 4 is 58.2 Å². The first-order valence-electron chi connectivity index (χ1n) is 17.7. The number of nitrogens with zero attached hydrogens (tertiary/aromatic N) is 1. The smallest absolute Gasteiger partial charge is 0.326 e. The topological polar surface area (TPSA) is 325 Å². The lowest BCUT2D eigenvalue weighted by atomic mass is 10.0. The summed E-state index contributed by atoms with van der Waals surface area (Å²) < 4.78 is 0. The average Bonchev–Trinajstić information content (AvgIpc) is 3.92. The standard InChI is InChI=1S/C35H47N11O9/c1-17(2)29(34(53)45-26(35(54)55)13-28(37)48)46-33(52)25(12-27(36)47)44-31(50)23(10-18-14-40-21-7-4-3-6-20(18)21)42-32(51)24(11-19-15-38-16-41-19)43-30(49)22-8-5-9-39-22/h3-4,6-7,14-17,22-26,29,39-40H,5,8-13H2,1-2H3,(H2,36,47)(H2,37,48)(H,38,41)(H,42,51)(H,43,49)(H,44,50)(H,45,53)(H,46,52)(H,54,55)/t22-,23-,24-,25-,26-,29-/m0/s1. The maximum Gasteiger partial charge on any atom is 0.326 e. The number of nitrogens with two attached hydrogens (primary N) is 2. The molecule has 1 fully saturated rings. The fourth-order valence-electron chi connectivity index (χ4n) is 6.14.